The quantitative estimate of drug-likeness (QED) is 0.642. The van der Waals surface area contributed by atoms with Crippen molar-refractivity contribution in [1.29, 1.82) is 0 Å². The lowest BCUT2D eigenvalue weighted by molar-refractivity contribution is -0.384. The van der Waals surface area contributed by atoms with E-state index in [1.807, 2.05) is 30.3 Å². The molecule has 5 nitrogen and oxygen atoms in total. The Morgan fingerprint density at radius 2 is 1.62 bits per heavy atom. The van der Waals surface area contributed by atoms with Gasteiger partial charge in [-0.3, -0.25) is 10.1 Å². The molecule has 1 fully saturated rings. The molecule has 1 saturated carbocycles. The van der Waals surface area contributed by atoms with Gasteiger partial charge >= 0.3 is 0 Å². The molecule has 6 heteroatoms. The highest BCUT2D eigenvalue weighted by Crippen LogP contribution is 2.48. The molecule has 0 saturated heterocycles. The molecule has 0 aromatic heterocycles. The smallest absolute Gasteiger partial charge is 0.258 e. The number of rotatable bonds is 4. The number of benzene rings is 2. The average Bonchev–Trinajstić information content (AvgIpc) is 3.29. The maximum Gasteiger partial charge on any atom is 0.269 e. The minimum Gasteiger partial charge on any atom is -0.258 e. The Morgan fingerprint density at radius 1 is 1.00 bits per heavy atom. The van der Waals surface area contributed by atoms with Gasteiger partial charge in [-0.2, -0.15) is 0 Å². The largest absolute Gasteiger partial charge is 0.269 e. The van der Waals surface area contributed by atoms with E-state index in [2.05, 4.69) is 0 Å². The van der Waals surface area contributed by atoms with Crippen molar-refractivity contribution in [2.45, 2.75) is 22.5 Å². The lowest BCUT2D eigenvalue weighted by Gasteiger charge is -2.04. The molecule has 1 aliphatic rings. The lowest BCUT2D eigenvalue weighted by Crippen LogP contribution is -2.09. The number of nitro benzene ring substituents is 1. The van der Waals surface area contributed by atoms with Gasteiger partial charge in [-0.15, -0.1) is 0 Å². The highest BCUT2D eigenvalue weighted by atomic mass is 32.2. The van der Waals surface area contributed by atoms with Gasteiger partial charge < -0.3 is 0 Å². The molecule has 0 N–H and O–H groups in total. The van der Waals surface area contributed by atoms with Crippen LogP contribution in [0.2, 0.25) is 0 Å². The zero-order chi connectivity index (χ0) is 15.0. The standard InChI is InChI=1S/C15H13NO4S/c17-16(18)12-6-8-13(9-7-12)21(19,20)15-10-14(15)11-4-2-1-3-5-11/h1-9,14-15H,10H2/t14-,15?/m0/s1. The van der Waals surface area contributed by atoms with Crippen LogP contribution in [0.1, 0.15) is 17.9 Å². The topological polar surface area (TPSA) is 77.3 Å². The van der Waals surface area contributed by atoms with Crippen molar-refractivity contribution >= 4 is 15.5 Å². The van der Waals surface area contributed by atoms with Crippen molar-refractivity contribution in [1.82, 2.24) is 0 Å². The molecular weight excluding hydrogens is 290 g/mol. The summed E-state index contributed by atoms with van der Waals surface area (Å²) in [5, 5.41) is 10.2. The van der Waals surface area contributed by atoms with Crippen LogP contribution >= 0.6 is 0 Å². The summed E-state index contributed by atoms with van der Waals surface area (Å²) in [6, 6.07) is 14.6. The molecule has 0 amide bonds. The van der Waals surface area contributed by atoms with Crippen molar-refractivity contribution in [3.05, 3.63) is 70.3 Å². The molecule has 0 aliphatic heterocycles. The molecule has 3 rings (SSSR count). The van der Waals surface area contributed by atoms with E-state index < -0.39 is 20.0 Å². The zero-order valence-electron chi connectivity index (χ0n) is 11.0. The lowest BCUT2D eigenvalue weighted by atomic mass is 10.1. The van der Waals surface area contributed by atoms with E-state index in [4.69, 9.17) is 0 Å². The van der Waals surface area contributed by atoms with Crippen LogP contribution in [-0.4, -0.2) is 18.6 Å². The van der Waals surface area contributed by atoms with Crippen LogP contribution in [-0.2, 0) is 9.84 Å². The van der Waals surface area contributed by atoms with E-state index in [0.717, 1.165) is 5.56 Å². The predicted molar refractivity (Wildman–Crippen MR) is 77.9 cm³/mol. The Balaban J connectivity index is 1.84. The maximum absolute atomic E-state index is 12.5. The number of hydrogen-bond donors (Lipinski definition) is 0. The molecular formula is C15H13NO4S. The Kier molecular flexibility index (Phi) is 3.25. The second-order valence-electron chi connectivity index (χ2n) is 5.09. The van der Waals surface area contributed by atoms with Gasteiger partial charge in [0.05, 0.1) is 15.1 Å². The molecule has 2 aromatic rings. The van der Waals surface area contributed by atoms with E-state index >= 15 is 0 Å². The number of non-ortho nitro benzene ring substituents is 1. The first-order valence-electron chi connectivity index (χ1n) is 6.53. The molecule has 108 valence electrons. The summed E-state index contributed by atoms with van der Waals surface area (Å²) in [7, 11) is -3.43. The molecule has 2 atom stereocenters. The molecule has 1 aliphatic carbocycles. The Morgan fingerprint density at radius 3 is 2.19 bits per heavy atom. The molecule has 2 aromatic carbocycles. The summed E-state index contributed by atoms with van der Waals surface area (Å²) in [5.74, 6) is 0.0198. The monoisotopic (exact) mass is 303 g/mol. The predicted octanol–water partition coefficient (Wildman–Crippen LogP) is 2.92. The van der Waals surface area contributed by atoms with Gasteiger partial charge in [0.25, 0.3) is 5.69 Å². The second kappa shape index (κ2) is 4.96. The molecule has 0 heterocycles. The summed E-state index contributed by atoms with van der Waals surface area (Å²) in [6.07, 6.45) is 0.601. The SMILES string of the molecule is O=[N+]([O-])c1ccc(S(=O)(=O)C2C[C@H]2c2ccccc2)cc1. The fraction of sp³-hybridized carbons (Fsp3) is 0.200. The minimum atomic E-state index is -3.43. The van der Waals surface area contributed by atoms with Gasteiger partial charge in [0, 0.05) is 18.1 Å². The summed E-state index contributed by atoms with van der Waals surface area (Å²) in [5.41, 5.74) is 0.914. The third-order valence-electron chi connectivity index (χ3n) is 3.73. The summed E-state index contributed by atoms with van der Waals surface area (Å²) >= 11 is 0. The first-order valence-corrected chi connectivity index (χ1v) is 8.08. The fourth-order valence-corrected chi connectivity index (χ4v) is 4.41. The van der Waals surface area contributed by atoms with Crippen LogP contribution in [0.4, 0.5) is 5.69 Å². The highest BCUT2D eigenvalue weighted by Gasteiger charge is 2.48. The Hall–Kier alpha value is -2.21. The minimum absolute atomic E-state index is 0.0198. The van der Waals surface area contributed by atoms with Crippen LogP contribution in [0.3, 0.4) is 0 Å². The van der Waals surface area contributed by atoms with E-state index in [9.17, 15) is 18.5 Å². The zero-order valence-corrected chi connectivity index (χ0v) is 11.9. The van der Waals surface area contributed by atoms with Gasteiger partial charge in [-0.05, 0) is 24.1 Å². The molecule has 0 bridgehead atoms. The normalized spacial score (nSPS) is 21.0. The van der Waals surface area contributed by atoms with E-state index in [1.165, 1.54) is 24.3 Å². The van der Waals surface area contributed by atoms with Gasteiger partial charge in [0.1, 0.15) is 0 Å². The molecule has 1 unspecified atom stereocenters. The van der Waals surface area contributed by atoms with E-state index in [0.29, 0.717) is 6.42 Å². The van der Waals surface area contributed by atoms with Crippen LogP contribution < -0.4 is 0 Å². The number of sulfone groups is 1. The number of nitrogens with zero attached hydrogens (tertiary/aromatic N) is 1. The van der Waals surface area contributed by atoms with Gasteiger partial charge in [-0.25, -0.2) is 8.42 Å². The van der Waals surface area contributed by atoms with Gasteiger partial charge in [0.2, 0.25) is 0 Å². The Labute approximate surface area is 122 Å². The first kappa shape index (κ1) is 13.8. The summed E-state index contributed by atoms with van der Waals surface area (Å²) in [6.45, 7) is 0. The third kappa shape index (κ3) is 2.54. The van der Waals surface area contributed by atoms with Crippen LogP contribution in [0.5, 0.6) is 0 Å². The first-order chi connectivity index (χ1) is 10.00. The molecule has 0 radical (unpaired) electrons. The number of hydrogen-bond acceptors (Lipinski definition) is 4. The van der Waals surface area contributed by atoms with Crippen LogP contribution in [0.25, 0.3) is 0 Å². The van der Waals surface area contributed by atoms with Gasteiger partial charge in [-0.1, -0.05) is 30.3 Å². The van der Waals surface area contributed by atoms with Gasteiger partial charge in [0.15, 0.2) is 9.84 Å². The second-order valence-corrected chi connectivity index (χ2v) is 7.25. The molecule has 21 heavy (non-hydrogen) atoms. The van der Waals surface area contributed by atoms with Crippen molar-refractivity contribution in [2.24, 2.45) is 0 Å². The fourth-order valence-electron chi connectivity index (χ4n) is 2.50. The van der Waals surface area contributed by atoms with Crippen molar-refractivity contribution < 1.29 is 13.3 Å². The van der Waals surface area contributed by atoms with Crippen molar-refractivity contribution in [3.63, 3.8) is 0 Å². The van der Waals surface area contributed by atoms with Crippen molar-refractivity contribution in [3.8, 4) is 0 Å². The third-order valence-corrected chi connectivity index (χ3v) is 5.98. The highest BCUT2D eigenvalue weighted by molar-refractivity contribution is 7.92. The van der Waals surface area contributed by atoms with E-state index in [-0.39, 0.29) is 16.5 Å². The summed E-state index contributed by atoms with van der Waals surface area (Å²) in [4.78, 5) is 10.2. The van der Waals surface area contributed by atoms with Crippen molar-refractivity contribution in [2.75, 3.05) is 0 Å². The number of nitro groups is 1. The van der Waals surface area contributed by atoms with Crippen LogP contribution in [0, 0.1) is 10.1 Å². The Bertz CT molecular complexity index is 769. The average molecular weight is 303 g/mol. The maximum atomic E-state index is 12.5. The summed E-state index contributed by atoms with van der Waals surface area (Å²) < 4.78 is 25.0. The van der Waals surface area contributed by atoms with E-state index in [1.54, 1.807) is 0 Å². The molecule has 0 spiro atoms. The van der Waals surface area contributed by atoms with Crippen LogP contribution in [0.15, 0.2) is 59.5 Å².